The van der Waals surface area contributed by atoms with E-state index in [-0.39, 0.29) is 11.9 Å². The number of nitrogens with zero attached hydrogens (tertiary/aromatic N) is 2. The Kier molecular flexibility index (Phi) is 4.37. The molecule has 1 aliphatic carbocycles. The Hall–Kier alpha value is -1.72. The van der Waals surface area contributed by atoms with Gasteiger partial charge in [-0.15, -0.1) is 11.3 Å². The van der Waals surface area contributed by atoms with Gasteiger partial charge in [-0.3, -0.25) is 9.69 Å². The number of aryl methyl sites for hydroxylation is 1. The van der Waals surface area contributed by atoms with Gasteiger partial charge >= 0.3 is 0 Å². The SMILES string of the molecule is NC(=O)[C@H]1CCCN1Cc1nc2c(s1)C[C@H](c1ccccc1)CC2. The number of carbonyl (C=O) groups excluding carboxylic acids is 1. The van der Waals surface area contributed by atoms with Crippen molar-refractivity contribution in [2.45, 2.75) is 50.6 Å². The van der Waals surface area contributed by atoms with E-state index >= 15 is 0 Å². The van der Waals surface area contributed by atoms with E-state index in [1.54, 1.807) is 0 Å². The van der Waals surface area contributed by atoms with Crippen molar-refractivity contribution < 1.29 is 4.79 Å². The predicted molar refractivity (Wildman–Crippen MR) is 95.9 cm³/mol. The highest BCUT2D eigenvalue weighted by Gasteiger charge is 2.30. The summed E-state index contributed by atoms with van der Waals surface area (Å²) < 4.78 is 0. The third-order valence-corrected chi connectivity index (χ3v) is 6.39. The average molecular weight is 341 g/mol. The van der Waals surface area contributed by atoms with E-state index in [1.165, 1.54) is 22.6 Å². The first-order chi connectivity index (χ1) is 11.7. The van der Waals surface area contributed by atoms with E-state index in [2.05, 4.69) is 35.2 Å². The van der Waals surface area contributed by atoms with Gasteiger partial charge in [0.25, 0.3) is 0 Å². The smallest absolute Gasteiger partial charge is 0.234 e. The number of nitrogens with two attached hydrogens (primary N) is 1. The van der Waals surface area contributed by atoms with E-state index in [1.807, 2.05) is 11.3 Å². The van der Waals surface area contributed by atoms with Crippen LogP contribution in [0.4, 0.5) is 0 Å². The zero-order valence-electron chi connectivity index (χ0n) is 13.8. The van der Waals surface area contributed by atoms with Crippen LogP contribution in [0.15, 0.2) is 30.3 Å². The van der Waals surface area contributed by atoms with Crippen LogP contribution >= 0.6 is 11.3 Å². The van der Waals surface area contributed by atoms with Crippen LogP contribution in [-0.4, -0.2) is 28.4 Å². The normalized spacial score (nSPS) is 24.0. The van der Waals surface area contributed by atoms with Gasteiger partial charge in [0.1, 0.15) is 5.01 Å². The Labute approximate surface area is 146 Å². The highest BCUT2D eigenvalue weighted by molar-refractivity contribution is 7.11. The first-order valence-corrected chi connectivity index (χ1v) is 9.58. The summed E-state index contributed by atoms with van der Waals surface area (Å²) in [6, 6.07) is 10.7. The number of benzene rings is 1. The first kappa shape index (κ1) is 15.8. The van der Waals surface area contributed by atoms with Gasteiger partial charge in [0, 0.05) is 4.88 Å². The Balaban J connectivity index is 1.48. The van der Waals surface area contributed by atoms with Crippen molar-refractivity contribution >= 4 is 17.2 Å². The molecule has 1 aliphatic heterocycles. The van der Waals surface area contributed by atoms with Crippen molar-refractivity contribution in [1.29, 1.82) is 0 Å². The molecule has 2 heterocycles. The second-order valence-electron chi connectivity index (χ2n) is 6.86. The fourth-order valence-electron chi connectivity index (χ4n) is 4.02. The van der Waals surface area contributed by atoms with Crippen LogP contribution in [0, 0.1) is 0 Å². The second-order valence-corrected chi connectivity index (χ2v) is 8.03. The maximum atomic E-state index is 11.6. The minimum atomic E-state index is -0.196. The molecular formula is C19H23N3OS. The van der Waals surface area contributed by atoms with Gasteiger partial charge in [0.2, 0.25) is 5.91 Å². The second kappa shape index (κ2) is 6.65. The van der Waals surface area contributed by atoms with Crippen molar-refractivity contribution in [3.05, 3.63) is 51.5 Å². The molecule has 2 aliphatic rings. The molecule has 1 aromatic heterocycles. The third-order valence-electron chi connectivity index (χ3n) is 5.29. The number of fused-ring (bicyclic) bond motifs is 1. The summed E-state index contributed by atoms with van der Waals surface area (Å²) in [5, 5.41) is 1.14. The van der Waals surface area contributed by atoms with Crippen LogP contribution < -0.4 is 5.73 Å². The van der Waals surface area contributed by atoms with Crippen LogP contribution in [0.5, 0.6) is 0 Å². The van der Waals surface area contributed by atoms with Crippen LogP contribution in [-0.2, 0) is 24.2 Å². The lowest BCUT2D eigenvalue weighted by atomic mass is 9.85. The molecule has 1 aromatic carbocycles. The summed E-state index contributed by atoms with van der Waals surface area (Å²) in [5.41, 5.74) is 8.24. The average Bonchev–Trinajstić information content (AvgIpc) is 3.21. The number of likely N-dealkylation sites (tertiary alicyclic amines) is 1. The molecule has 4 rings (SSSR count). The zero-order chi connectivity index (χ0) is 16.5. The standard InChI is InChI=1S/C19H23N3OS/c20-19(23)16-7-4-10-22(16)12-18-21-15-9-8-14(11-17(15)24-18)13-5-2-1-3-6-13/h1-3,5-6,14,16H,4,7-12H2,(H2,20,23)/t14-,16-/m1/s1. The van der Waals surface area contributed by atoms with Gasteiger partial charge in [-0.25, -0.2) is 4.98 Å². The van der Waals surface area contributed by atoms with E-state index in [0.29, 0.717) is 5.92 Å². The van der Waals surface area contributed by atoms with Crippen molar-refractivity contribution in [2.24, 2.45) is 5.73 Å². The molecule has 1 amide bonds. The van der Waals surface area contributed by atoms with Gasteiger partial charge in [-0.1, -0.05) is 30.3 Å². The maximum absolute atomic E-state index is 11.6. The van der Waals surface area contributed by atoms with Gasteiger partial charge in [-0.05, 0) is 50.1 Å². The maximum Gasteiger partial charge on any atom is 0.234 e. The topological polar surface area (TPSA) is 59.2 Å². The first-order valence-electron chi connectivity index (χ1n) is 8.76. The van der Waals surface area contributed by atoms with Gasteiger partial charge < -0.3 is 5.73 Å². The highest BCUT2D eigenvalue weighted by Crippen LogP contribution is 2.36. The molecule has 126 valence electrons. The number of thiazole rings is 1. The molecule has 2 N–H and O–H groups in total. The number of carbonyl (C=O) groups is 1. The van der Waals surface area contributed by atoms with Crippen LogP contribution in [0.3, 0.4) is 0 Å². The van der Waals surface area contributed by atoms with E-state index in [0.717, 1.165) is 43.8 Å². The molecule has 0 unspecified atom stereocenters. The summed E-state index contributed by atoms with van der Waals surface area (Å²) in [7, 11) is 0. The Bertz CT molecular complexity index is 727. The Morgan fingerprint density at radius 2 is 2.12 bits per heavy atom. The van der Waals surface area contributed by atoms with Crippen molar-refractivity contribution in [1.82, 2.24) is 9.88 Å². The summed E-state index contributed by atoms with van der Waals surface area (Å²) in [4.78, 5) is 20.0. The summed E-state index contributed by atoms with van der Waals surface area (Å²) >= 11 is 1.83. The van der Waals surface area contributed by atoms with Gasteiger partial charge in [0.15, 0.2) is 0 Å². The zero-order valence-corrected chi connectivity index (χ0v) is 14.6. The lowest BCUT2D eigenvalue weighted by Crippen LogP contribution is -2.39. The van der Waals surface area contributed by atoms with Gasteiger partial charge in [0.05, 0.1) is 18.3 Å². The van der Waals surface area contributed by atoms with Crippen LogP contribution in [0.25, 0.3) is 0 Å². The Morgan fingerprint density at radius 1 is 1.29 bits per heavy atom. The quantitative estimate of drug-likeness (QED) is 0.930. The summed E-state index contributed by atoms with van der Waals surface area (Å²) in [6.45, 7) is 1.71. The number of hydrogen-bond donors (Lipinski definition) is 1. The van der Waals surface area contributed by atoms with Crippen LogP contribution in [0.1, 0.15) is 46.3 Å². The molecule has 2 aromatic rings. The van der Waals surface area contributed by atoms with Crippen LogP contribution in [0.2, 0.25) is 0 Å². The monoisotopic (exact) mass is 341 g/mol. The largest absolute Gasteiger partial charge is 0.368 e. The molecule has 0 bridgehead atoms. The number of amides is 1. The molecule has 2 atom stereocenters. The molecule has 0 spiro atoms. The molecular weight excluding hydrogens is 318 g/mol. The molecule has 0 saturated carbocycles. The molecule has 0 radical (unpaired) electrons. The van der Waals surface area contributed by atoms with Crippen molar-refractivity contribution in [3.8, 4) is 0 Å². The molecule has 1 fully saturated rings. The Morgan fingerprint density at radius 3 is 2.92 bits per heavy atom. The number of primary amides is 1. The van der Waals surface area contributed by atoms with Crippen molar-refractivity contribution in [2.75, 3.05) is 6.54 Å². The predicted octanol–water partition coefficient (Wildman–Crippen LogP) is 2.87. The number of aromatic nitrogens is 1. The fraction of sp³-hybridized carbons (Fsp3) is 0.474. The number of rotatable bonds is 4. The lowest BCUT2D eigenvalue weighted by Gasteiger charge is -2.21. The van der Waals surface area contributed by atoms with E-state index in [4.69, 9.17) is 10.7 Å². The van der Waals surface area contributed by atoms with Gasteiger partial charge in [-0.2, -0.15) is 0 Å². The molecule has 1 saturated heterocycles. The minimum absolute atomic E-state index is 0.108. The summed E-state index contributed by atoms with van der Waals surface area (Å²) in [6.07, 6.45) is 5.26. The molecule has 24 heavy (non-hydrogen) atoms. The van der Waals surface area contributed by atoms with E-state index < -0.39 is 0 Å². The summed E-state index contributed by atoms with van der Waals surface area (Å²) in [5.74, 6) is 0.412. The van der Waals surface area contributed by atoms with E-state index in [9.17, 15) is 4.79 Å². The molecule has 5 heteroatoms. The van der Waals surface area contributed by atoms with Crippen molar-refractivity contribution in [3.63, 3.8) is 0 Å². The lowest BCUT2D eigenvalue weighted by molar-refractivity contribution is -0.122. The molecule has 4 nitrogen and oxygen atoms in total. The highest BCUT2D eigenvalue weighted by atomic mass is 32.1. The number of hydrogen-bond acceptors (Lipinski definition) is 4. The minimum Gasteiger partial charge on any atom is -0.368 e. The third kappa shape index (κ3) is 3.10. The fourth-order valence-corrected chi connectivity index (χ4v) is 5.24.